The maximum absolute atomic E-state index is 10.5. The van der Waals surface area contributed by atoms with Crippen molar-refractivity contribution in [3.05, 3.63) is 42.5 Å². The Balaban J connectivity index is 3.76. The van der Waals surface area contributed by atoms with Crippen LogP contribution in [0.5, 0.6) is 5.75 Å². The molecule has 0 aliphatic heterocycles. The van der Waals surface area contributed by atoms with E-state index in [-0.39, 0.29) is 0 Å². The zero-order valence-corrected chi connectivity index (χ0v) is 7.32. The molecule has 1 aromatic carbocycles. The van der Waals surface area contributed by atoms with Crippen molar-refractivity contribution in [2.75, 3.05) is 0 Å². The Kier molecular flexibility index (Phi) is 2.30. The molecule has 0 radical (unpaired) electrons. The second-order valence-electron chi connectivity index (χ2n) is 2.51. The lowest BCUT2D eigenvalue weighted by atomic mass is 10.2. The zero-order chi connectivity index (χ0) is 13.3. The van der Waals surface area contributed by atoms with Crippen LogP contribution in [0.1, 0.15) is 1.37 Å². The lowest BCUT2D eigenvalue weighted by Crippen LogP contribution is -1.97. The molecule has 0 saturated carbocycles. The van der Waals surface area contributed by atoms with Crippen molar-refractivity contribution in [1.29, 1.82) is 0 Å². The third kappa shape index (κ3) is 1.84. The molecule has 16 heavy (non-hydrogen) atoms. The summed E-state index contributed by atoms with van der Waals surface area (Å²) < 4.78 is 7.12. The number of nitro groups is 3. The molecular formula is C6H3N3O7. The SMILES string of the molecule is [2H]c1c([N+](=O)[O-])cc([N+](=O)[O-])c(O)c1[N+](=O)[O-]. The molecule has 0 aliphatic carbocycles. The Labute approximate surface area is 87.6 Å². The summed E-state index contributed by atoms with van der Waals surface area (Å²) in [6.45, 7) is 0. The van der Waals surface area contributed by atoms with Crippen molar-refractivity contribution in [2.45, 2.75) is 0 Å². The minimum atomic E-state index is -1.38. The van der Waals surface area contributed by atoms with Crippen LogP contribution >= 0.6 is 0 Å². The van der Waals surface area contributed by atoms with Crippen molar-refractivity contribution >= 4 is 17.1 Å². The van der Waals surface area contributed by atoms with E-state index in [1.54, 1.807) is 0 Å². The van der Waals surface area contributed by atoms with Gasteiger partial charge in [0.15, 0.2) is 0 Å². The van der Waals surface area contributed by atoms with Crippen molar-refractivity contribution in [3.63, 3.8) is 0 Å². The van der Waals surface area contributed by atoms with E-state index in [0.717, 1.165) is 0 Å². The summed E-state index contributed by atoms with van der Waals surface area (Å²) in [5.74, 6) is -1.38. The summed E-state index contributed by atoms with van der Waals surface area (Å²) in [5, 5.41) is 40.5. The van der Waals surface area contributed by atoms with E-state index in [0.29, 0.717) is 6.07 Å². The average Bonchev–Trinajstić information content (AvgIpc) is 2.15. The van der Waals surface area contributed by atoms with E-state index in [9.17, 15) is 35.4 Å². The van der Waals surface area contributed by atoms with E-state index in [1.807, 2.05) is 0 Å². The maximum atomic E-state index is 10.5. The van der Waals surface area contributed by atoms with Crippen molar-refractivity contribution in [3.8, 4) is 5.75 Å². The molecule has 1 rings (SSSR count). The molecule has 0 saturated heterocycles. The molecule has 0 aromatic heterocycles. The van der Waals surface area contributed by atoms with Crippen LogP contribution in [-0.2, 0) is 0 Å². The van der Waals surface area contributed by atoms with Crippen LogP contribution in [-0.4, -0.2) is 19.9 Å². The summed E-state index contributed by atoms with van der Waals surface area (Å²) in [5.41, 5.74) is -3.69. The summed E-state index contributed by atoms with van der Waals surface area (Å²) in [6.07, 6.45) is 0. The largest absolute Gasteiger partial charge is 0.497 e. The first-order valence-electron chi connectivity index (χ1n) is 4.07. The van der Waals surface area contributed by atoms with Gasteiger partial charge in [-0.05, 0) is 0 Å². The number of phenols is 1. The van der Waals surface area contributed by atoms with E-state index in [4.69, 9.17) is 1.37 Å². The molecule has 0 heterocycles. The predicted octanol–water partition coefficient (Wildman–Crippen LogP) is 1.12. The average molecular weight is 230 g/mol. The van der Waals surface area contributed by atoms with Crippen LogP contribution in [0.2, 0.25) is 0 Å². The first-order valence-corrected chi connectivity index (χ1v) is 3.57. The molecule has 0 atom stereocenters. The number of hydrogen-bond donors (Lipinski definition) is 1. The minimum absolute atomic E-state index is 0.296. The molecule has 1 N–H and O–H groups in total. The van der Waals surface area contributed by atoms with Crippen LogP contribution in [0.15, 0.2) is 12.1 Å². The zero-order valence-electron chi connectivity index (χ0n) is 8.32. The van der Waals surface area contributed by atoms with Crippen molar-refractivity contribution in [1.82, 2.24) is 0 Å². The van der Waals surface area contributed by atoms with Gasteiger partial charge in [0.05, 0.1) is 28.2 Å². The monoisotopic (exact) mass is 230 g/mol. The molecule has 0 fully saturated rings. The molecule has 0 spiro atoms. The normalized spacial score (nSPS) is 10.6. The summed E-state index contributed by atoms with van der Waals surface area (Å²) >= 11 is 0. The number of benzene rings is 1. The van der Waals surface area contributed by atoms with Crippen LogP contribution < -0.4 is 0 Å². The smallest absolute Gasteiger partial charge is 0.324 e. The van der Waals surface area contributed by atoms with Gasteiger partial charge in [0.25, 0.3) is 11.4 Å². The predicted molar refractivity (Wildman–Crippen MR) is 48.1 cm³/mol. The van der Waals surface area contributed by atoms with Gasteiger partial charge in [-0.1, -0.05) is 0 Å². The Hall–Kier alpha value is -2.78. The standard InChI is InChI=1S/C6H3N3O7/c10-6-4(8(13)14)1-3(7(11)12)2-5(6)9(15)16/h1-2,10H/i1D. The summed E-state index contributed by atoms with van der Waals surface area (Å²) in [7, 11) is 0. The van der Waals surface area contributed by atoms with Crippen molar-refractivity contribution < 1.29 is 21.2 Å². The van der Waals surface area contributed by atoms with Crippen LogP contribution in [0.4, 0.5) is 17.1 Å². The number of nitro benzene ring substituents is 3. The second kappa shape index (κ2) is 3.76. The Bertz CT molecular complexity index is 505. The molecule has 10 heteroatoms. The quantitative estimate of drug-likeness (QED) is 0.603. The third-order valence-corrected chi connectivity index (χ3v) is 1.56. The topological polar surface area (TPSA) is 150 Å². The van der Waals surface area contributed by atoms with Gasteiger partial charge in [0.2, 0.25) is 0 Å². The van der Waals surface area contributed by atoms with Gasteiger partial charge >= 0.3 is 11.4 Å². The highest BCUT2D eigenvalue weighted by Gasteiger charge is 2.29. The Morgan fingerprint density at radius 2 is 1.56 bits per heavy atom. The molecule has 1 aromatic rings. The highest BCUT2D eigenvalue weighted by Crippen LogP contribution is 2.38. The van der Waals surface area contributed by atoms with Gasteiger partial charge in [0.1, 0.15) is 0 Å². The van der Waals surface area contributed by atoms with E-state index < -0.39 is 43.6 Å². The van der Waals surface area contributed by atoms with Gasteiger partial charge in [-0.3, -0.25) is 30.3 Å². The summed E-state index contributed by atoms with van der Waals surface area (Å²) in [6, 6.07) is -0.895. The lowest BCUT2D eigenvalue weighted by molar-refractivity contribution is -0.404. The Morgan fingerprint density at radius 3 is 1.94 bits per heavy atom. The molecule has 0 bridgehead atoms. The fourth-order valence-electron chi connectivity index (χ4n) is 0.905. The highest BCUT2D eigenvalue weighted by atomic mass is 16.6. The lowest BCUT2D eigenvalue weighted by Gasteiger charge is -1.97. The molecule has 84 valence electrons. The molecule has 0 amide bonds. The number of hydrogen-bond acceptors (Lipinski definition) is 7. The van der Waals surface area contributed by atoms with Gasteiger partial charge in [-0.2, -0.15) is 0 Å². The number of rotatable bonds is 3. The molecule has 10 nitrogen and oxygen atoms in total. The number of aromatic hydroxyl groups is 1. The van der Waals surface area contributed by atoms with Crippen LogP contribution in [0, 0.1) is 30.3 Å². The fraction of sp³-hybridized carbons (Fsp3) is 0. The summed E-state index contributed by atoms with van der Waals surface area (Å²) in [4.78, 5) is 27.6. The van der Waals surface area contributed by atoms with Gasteiger partial charge in [-0.15, -0.1) is 0 Å². The van der Waals surface area contributed by atoms with E-state index >= 15 is 0 Å². The fourth-order valence-corrected chi connectivity index (χ4v) is 0.905. The van der Waals surface area contributed by atoms with Gasteiger partial charge in [-0.25, -0.2) is 0 Å². The van der Waals surface area contributed by atoms with Gasteiger partial charge < -0.3 is 5.11 Å². The molecular weight excluding hydrogens is 226 g/mol. The Morgan fingerprint density at radius 1 is 1.06 bits per heavy atom. The molecule has 0 unspecified atom stereocenters. The number of phenolic OH excluding ortho intramolecular Hbond substituents is 1. The van der Waals surface area contributed by atoms with E-state index in [2.05, 4.69) is 0 Å². The van der Waals surface area contributed by atoms with Crippen LogP contribution in [0.3, 0.4) is 0 Å². The first kappa shape index (κ1) is 9.76. The first-order chi connectivity index (χ1) is 7.77. The minimum Gasteiger partial charge on any atom is -0.497 e. The number of nitrogens with zero attached hydrogens (tertiary/aromatic N) is 3. The highest BCUT2D eigenvalue weighted by molar-refractivity contribution is 5.64. The van der Waals surface area contributed by atoms with Crippen molar-refractivity contribution in [2.24, 2.45) is 0 Å². The second-order valence-corrected chi connectivity index (χ2v) is 2.51. The third-order valence-electron chi connectivity index (χ3n) is 1.56. The maximum Gasteiger partial charge on any atom is 0.324 e. The van der Waals surface area contributed by atoms with E-state index in [1.165, 1.54) is 0 Å². The molecule has 0 aliphatic rings. The van der Waals surface area contributed by atoms with Crippen LogP contribution in [0.25, 0.3) is 0 Å². The van der Waals surface area contributed by atoms with Gasteiger partial charge in [0, 0.05) is 0 Å².